The second kappa shape index (κ2) is 15.6. The van der Waals surface area contributed by atoms with Crippen molar-refractivity contribution in [3.05, 3.63) is 92.6 Å². The van der Waals surface area contributed by atoms with Crippen molar-refractivity contribution in [2.24, 2.45) is 0 Å². The van der Waals surface area contributed by atoms with Crippen LogP contribution in [0.25, 0.3) is 11.4 Å². The SMILES string of the molecule is CCc1c(N2CCN(C(=O)CNC(=O)Cc3ccccc3)CC2)c(=O)n2nc(C3=CCOCC3)nc2n1CC(=O)Nc1ccc(C(F)(F)F)cc1Cl. The fraction of sp³-hybridized carbons (Fsp3) is 0.371. The summed E-state index contributed by atoms with van der Waals surface area (Å²) in [5.74, 6) is -0.722. The molecule has 0 unspecified atom stereocenters. The lowest BCUT2D eigenvalue weighted by Crippen LogP contribution is -2.52. The first-order valence-corrected chi connectivity index (χ1v) is 17.1. The maximum absolute atomic E-state index is 14.2. The predicted octanol–water partition coefficient (Wildman–Crippen LogP) is 3.58. The number of nitrogens with one attached hydrogen (secondary N) is 2. The molecule has 2 aliphatic heterocycles. The van der Waals surface area contributed by atoms with Gasteiger partial charge in [0.15, 0.2) is 5.82 Å². The zero-order chi connectivity index (χ0) is 37.0. The molecule has 2 aromatic carbocycles. The van der Waals surface area contributed by atoms with E-state index in [2.05, 4.69) is 20.7 Å². The third kappa shape index (κ3) is 8.12. The van der Waals surface area contributed by atoms with Crippen molar-refractivity contribution in [1.82, 2.24) is 29.4 Å². The van der Waals surface area contributed by atoms with Gasteiger partial charge in [-0.2, -0.15) is 22.7 Å². The molecule has 3 amide bonds. The summed E-state index contributed by atoms with van der Waals surface area (Å²) in [6.07, 6.45) is -1.80. The number of aromatic nitrogens is 4. The molecule has 0 saturated carbocycles. The number of carbonyl (C=O) groups excluding carboxylic acids is 3. The lowest BCUT2D eigenvalue weighted by atomic mass is 10.1. The maximum atomic E-state index is 14.2. The van der Waals surface area contributed by atoms with Crippen LogP contribution in [0.3, 0.4) is 0 Å². The second-order valence-corrected chi connectivity index (χ2v) is 12.7. The fourth-order valence-electron chi connectivity index (χ4n) is 6.23. The van der Waals surface area contributed by atoms with Gasteiger partial charge in [-0.05, 0) is 42.2 Å². The van der Waals surface area contributed by atoms with Gasteiger partial charge in [-0.15, -0.1) is 5.10 Å². The van der Waals surface area contributed by atoms with Crippen LogP contribution in [-0.4, -0.2) is 87.7 Å². The number of halogens is 4. The van der Waals surface area contributed by atoms with Crippen LogP contribution in [0.5, 0.6) is 0 Å². The average molecular weight is 741 g/mol. The molecule has 0 spiro atoms. The lowest BCUT2D eigenvalue weighted by molar-refractivity contribution is -0.137. The van der Waals surface area contributed by atoms with Crippen molar-refractivity contribution >= 4 is 52.0 Å². The minimum absolute atomic E-state index is 0.0124. The number of fused-ring (bicyclic) bond motifs is 1. The van der Waals surface area contributed by atoms with Gasteiger partial charge in [0.2, 0.25) is 23.5 Å². The van der Waals surface area contributed by atoms with E-state index in [1.807, 2.05) is 48.2 Å². The number of hydrogen-bond donors (Lipinski definition) is 2. The van der Waals surface area contributed by atoms with Crippen molar-refractivity contribution in [1.29, 1.82) is 0 Å². The Morgan fingerprint density at radius 3 is 2.42 bits per heavy atom. The van der Waals surface area contributed by atoms with Crippen LogP contribution in [0.4, 0.5) is 24.5 Å². The largest absolute Gasteiger partial charge is 0.416 e. The van der Waals surface area contributed by atoms with E-state index >= 15 is 0 Å². The standard InChI is InChI=1S/C35H36ClF3N8O5/c1-2-27-31(45-14-12-44(13-15-45)30(50)20-40-28(48)18-22-6-4-3-5-7-22)33(51)47-34(42-32(43-47)23-10-16-52-17-11-23)46(27)21-29(49)41-26-9-8-24(19-25(26)36)35(37,38)39/h3-10,19H,2,11-18,20-21H2,1H3,(H,40,48)(H,41,49). The maximum Gasteiger partial charge on any atom is 0.416 e. The molecule has 4 aromatic rings. The Balaban J connectivity index is 1.24. The van der Waals surface area contributed by atoms with Gasteiger partial charge in [0.1, 0.15) is 12.2 Å². The molecular weight excluding hydrogens is 705 g/mol. The Kier molecular flexibility index (Phi) is 11.0. The normalized spacial score (nSPS) is 15.1. The van der Waals surface area contributed by atoms with Crippen LogP contribution >= 0.6 is 11.6 Å². The molecule has 2 aliphatic rings. The number of hydrogen-bond acceptors (Lipinski definition) is 8. The number of carbonyl (C=O) groups is 3. The van der Waals surface area contributed by atoms with Gasteiger partial charge in [-0.25, -0.2) is 0 Å². The Labute approximate surface area is 301 Å². The van der Waals surface area contributed by atoms with Gasteiger partial charge < -0.3 is 29.7 Å². The molecule has 52 heavy (non-hydrogen) atoms. The number of ether oxygens (including phenoxy) is 1. The molecule has 0 aliphatic carbocycles. The molecule has 6 rings (SSSR count). The minimum atomic E-state index is -4.61. The summed E-state index contributed by atoms with van der Waals surface area (Å²) < 4.78 is 47.7. The molecular formula is C35H36ClF3N8O5. The summed E-state index contributed by atoms with van der Waals surface area (Å²) in [6.45, 7) is 3.23. The highest BCUT2D eigenvalue weighted by Gasteiger charge is 2.32. The Hall–Kier alpha value is -5.22. The van der Waals surface area contributed by atoms with E-state index in [1.54, 1.807) is 9.47 Å². The van der Waals surface area contributed by atoms with E-state index < -0.39 is 23.2 Å². The number of nitrogens with zero attached hydrogens (tertiary/aromatic N) is 6. The highest BCUT2D eigenvalue weighted by molar-refractivity contribution is 6.33. The molecule has 0 atom stereocenters. The average Bonchev–Trinajstić information content (AvgIpc) is 3.59. The molecule has 1 saturated heterocycles. The summed E-state index contributed by atoms with van der Waals surface area (Å²) in [6, 6.07) is 11.8. The molecule has 2 aromatic heterocycles. The summed E-state index contributed by atoms with van der Waals surface area (Å²) in [7, 11) is 0. The molecule has 17 heteroatoms. The predicted molar refractivity (Wildman–Crippen MR) is 187 cm³/mol. The Bertz CT molecular complexity index is 2070. The van der Waals surface area contributed by atoms with Gasteiger partial charge in [-0.3, -0.25) is 19.2 Å². The highest BCUT2D eigenvalue weighted by Crippen LogP contribution is 2.34. The summed E-state index contributed by atoms with van der Waals surface area (Å²) in [5.41, 5.74) is 0.971. The quantitative estimate of drug-likeness (QED) is 0.251. The van der Waals surface area contributed by atoms with Crippen molar-refractivity contribution in [2.75, 3.05) is 56.2 Å². The molecule has 4 heterocycles. The minimum Gasteiger partial charge on any atom is -0.377 e. The Morgan fingerprint density at radius 2 is 1.77 bits per heavy atom. The number of benzene rings is 2. The van der Waals surface area contributed by atoms with Crippen LogP contribution in [0.2, 0.25) is 5.02 Å². The van der Waals surface area contributed by atoms with Crippen LogP contribution in [0, 0.1) is 0 Å². The Morgan fingerprint density at radius 1 is 1.02 bits per heavy atom. The van der Waals surface area contributed by atoms with E-state index in [-0.39, 0.29) is 79.7 Å². The van der Waals surface area contributed by atoms with Crippen LogP contribution in [-0.2, 0) is 44.7 Å². The van der Waals surface area contributed by atoms with E-state index in [4.69, 9.17) is 16.3 Å². The number of piperazine rings is 1. The molecule has 0 radical (unpaired) electrons. The van der Waals surface area contributed by atoms with E-state index in [1.165, 1.54) is 0 Å². The topological polar surface area (TPSA) is 143 Å². The van der Waals surface area contributed by atoms with Gasteiger partial charge in [0, 0.05) is 26.2 Å². The number of amides is 3. The first-order chi connectivity index (χ1) is 24.9. The van der Waals surface area contributed by atoms with Crippen molar-refractivity contribution in [2.45, 2.75) is 38.9 Å². The summed E-state index contributed by atoms with van der Waals surface area (Å²) in [4.78, 5) is 61.2. The van der Waals surface area contributed by atoms with Crippen LogP contribution in [0.15, 0.2) is 59.4 Å². The van der Waals surface area contributed by atoms with E-state index in [9.17, 15) is 32.3 Å². The highest BCUT2D eigenvalue weighted by atomic mass is 35.5. The number of anilines is 2. The summed E-state index contributed by atoms with van der Waals surface area (Å²) >= 11 is 6.11. The third-order valence-corrected chi connectivity index (χ3v) is 9.19. The van der Waals surface area contributed by atoms with Crippen molar-refractivity contribution in [3.63, 3.8) is 0 Å². The zero-order valence-corrected chi connectivity index (χ0v) is 29.0. The fourth-order valence-corrected chi connectivity index (χ4v) is 6.46. The monoisotopic (exact) mass is 740 g/mol. The first kappa shape index (κ1) is 36.6. The van der Waals surface area contributed by atoms with E-state index in [0.29, 0.717) is 37.6 Å². The van der Waals surface area contributed by atoms with Gasteiger partial charge in [0.05, 0.1) is 48.1 Å². The number of rotatable bonds is 10. The smallest absolute Gasteiger partial charge is 0.377 e. The first-order valence-electron chi connectivity index (χ1n) is 16.7. The number of alkyl halides is 3. The van der Waals surface area contributed by atoms with Gasteiger partial charge >= 0.3 is 6.18 Å². The zero-order valence-electron chi connectivity index (χ0n) is 28.2. The molecule has 0 bridgehead atoms. The van der Waals surface area contributed by atoms with Crippen molar-refractivity contribution < 1.29 is 32.3 Å². The van der Waals surface area contributed by atoms with Gasteiger partial charge in [0.25, 0.3) is 5.56 Å². The summed E-state index contributed by atoms with van der Waals surface area (Å²) in [5, 5.41) is 9.51. The van der Waals surface area contributed by atoms with Crippen LogP contribution in [0.1, 0.15) is 36.0 Å². The molecule has 13 nitrogen and oxygen atoms in total. The van der Waals surface area contributed by atoms with Crippen LogP contribution < -0.4 is 21.1 Å². The second-order valence-electron chi connectivity index (χ2n) is 12.3. The molecule has 2 N–H and O–H groups in total. The van der Waals surface area contributed by atoms with Crippen molar-refractivity contribution in [3.8, 4) is 0 Å². The third-order valence-electron chi connectivity index (χ3n) is 8.88. The molecule has 274 valence electrons. The van der Waals surface area contributed by atoms with Gasteiger partial charge in [-0.1, -0.05) is 54.9 Å². The lowest BCUT2D eigenvalue weighted by Gasteiger charge is -2.36. The molecule has 1 fully saturated rings. The van der Waals surface area contributed by atoms with E-state index in [0.717, 1.165) is 33.9 Å².